The summed E-state index contributed by atoms with van der Waals surface area (Å²) in [5.41, 5.74) is 2.99. The SMILES string of the molecule is [2H]C([2H])([2H])c1ccc2ccc3ccc4c5ccc(C)c(-c6cc(C([2H])([2H])[2H])c(C([2H])([2H])[2H])c[n+]6C)c5oc4c3c2n1. The Balaban J connectivity index is 1.73. The van der Waals surface area contributed by atoms with Crippen molar-refractivity contribution < 1.29 is 21.3 Å². The fraction of sp³-hybridized carbons (Fsp3) is 0.172. The number of hydrogen-bond acceptors (Lipinski definition) is 2. The summed E-state index contributed by atoms with van der Waals surface area (Å²) in [5.74, 6) is 0. The number of hydrogen-bond donors (Lipinski definition) is 0. The second-order valence-electron chi connectivity index (χ2n) is 8.21. The number of rotatable bonds is 1. The summed E-state index contributed by atoms with van der Waals surface area (Å²) in [4.78, 5) is 4.54. The molecule has 0 bridgehead atoms. The van der Waals surface area contributed by atoms with Crippen LogP contribution < -0.4 is 4.57 Å². The molecule has 0 spiro atoms. The van der Waals surface area contributed by atoms with Crippen molar-refractivity contribution in [1.82, 2.24) is 4.98 Å². The molecule has 3 heteroatoms. The molecule has 0 unspecified atom stereocenters. The van der Waals surface area contributed by atoms with Gasteiger partial charge in [0, 0.05) is 45.8 Å². The predicted octanol–water partition coefficient (Wildman–Crippen LogP) is 7.01. The van der Waals surface area contributed by atoms with Gasteiger partial charge < -0.3 is 4.42 Å². The first-order chi connectivity index (χ1) is 19.1. The van der Waals surface area contributed by atoms with Crippen LogP contribution in [0.1, 0.15) is 34.7 Å². The summed E-state index contributed by atoms with van der Waals surface area (Å²) in [5, 5.41) is 3.84. The van der Waals surface area contributed by atoms with Gasteiger partial charge in [0.15, 0.2) is 6.20 Å². The zero-order chi connectivity index (χ0) is 29.6. The molecule has 3 aromatic heterocycles. The van der Waals surface area contributed by atoms with E-state index in [0.717, 1.165) is 27.1 Å². The van der Waals surface area contributed by atoms with Crippen molar-refractivity contribution >= 4 is 43.6 Å². The Morgan fingerprint density at radius 3 is 2.41 bits per heavy atom. The lowest BCUT2D eigenvalue weighted by Crippen LogP contribution is -2.31. The van der Waals surface area contributed by atoms with Gasteiger partial charge in [-0.2, -0.15) is 0 Å². The quantitative estimate of drug-likeness (QED) is 0.209. The highest BCUT2D eigenvalue weighted by Gasteiger charge is 2.22. The molecule has 0 saturated carbocycles. The van der Waals surface area contributed by atoms with Crippen molar-refractivity contribution in [2.45, 2.75) is 27.5 Å². The molecule has 156 valence electrons. The average molecular weight is 427 g/mol. The average Bonchev–Trinajstić information content (AvgIpc) is 3.25. The minimum Gasteiger partial charge on any atom is -0.454 e. The third-order valence-electron chi connectivity index (χ3n) is 6.19. The Kier molecular flexibility index (Phi) is 2.44. The van der Waals surface area contributed by atoms with E-state index in [-0.39, 0.29) is 16.8 Å². The first-order valence-corrected chi connectivity index (χ1v) is 10.3. The van der Waals surface area contributed by atoms with E-state index in [1.807, 2.05) is 43.3 Å². The number of aromatic nitrogens is 2. The Morgan fingerprint density at radius 2 is 1.56 bits per heavy atom. The third-order valence-corrected chi connectivity index (χ3v) is 6.19. The summed E-state index contributed by atoms with van der Waals surface area (Å²) in [6, 6.07) is 16.2. The van der Waals surface area contributed by atoms with E-state index in [2.05, 4.69) is 4.98 Å². The highest BCUT2D eigenvalue weighted by atomic mass is 16.3. The maximum Gasteiger partial charge on any atom is 0.216 e. The van der Waals surface area contributed by atoms with Crippen LogP contribution in [0.4, 0.5) is 0 Å². The Labute approximate surface area is 199 Å². The molecule has 3 heterocycles. The lowest BCUT2D eigenvalue weighted by Gasteiger charge is -2.07. The number of furan rings is 1. The van der Waals surface area contributed by atoms with Gasteiger partial charge in [0.05, 0.1) is 16.5 Å². The number of fused-ring (bicyclic) bond motifs is 7. The van der Waals surface area contributed by atoms with Crippen LogP contribution >= 0.6 is 0 Å². The van der Waals surface area contributed by atoms with Crippen LogP contribution in [0.5, 0.6) is 0 Å². The van der Waals surface area contributed by atoms with Crippen LogP contribution in [0.2, 0.25) is 0 Å². The highest BCUT2D eigenvalue weighted by molar-refractivity contribution is 6.23. The third kappa shape index (κ3) is 2.61. The van der Waals surface area contributed by atoms with Gasteiger partial charge in [-0.25, -0.2) is 4.57 Å². The van der Waals surface area contributed by atoms with Gasteiger partial charge in [-0.3, -0.25) is 4.98 Å². The molecule has 0 aliphatic heterocycles. The van der Waals surface area contributed by atoms with E-state index in [9.17, 15) is 0 Å². The summed E-state index contributed by atoms with van der Waals surface area (Å²) in [6.07, 6.45) is 1.36. The molecule has 0 amide bonds. The molecule has 3 aromatic carbocycles. The van der Waals surface area contributed by atoms with Crippen LogP contribution in [0.25, 0.3) is 54.9 Å². The lowest BCUT2D eigenvalue weighted by atomic mass is 9.98. The molecule has 0 saturated heterocycles. The van der Waals surface area contributed by atoms with E-state index in [1.165, 1.54) is 18.3 Å². The van der Waals surface area contributed by atoms with Crippen molar-refractivity contribution in [3.8, 4) is 11.3 Å². The smallest absolute Gasteiger partial charge is 0.216 e. The van der Waals surface area contributed by atoms with E-state index in [0.29, 0.717) is 33.3 Å². The Bertz CT molecular complexity index is 2030. The maximum absolute atomic E-state index is 8.06. The number of benzene rings is 3. The van der Waals surface area contributed by atoms with Crippen molar-refractivity contribution in [3.05, 3.63) is 83.2 Å². The van der Waals surface area contributed by atoms with Crippen LogP contribution in [0, 0.1) is 27.5 Å². The Hall–Kier alpha value is -3.72. The van der Waals surface area contributed by atoms with Crippen LogP contribution in [0.3, 0.4) is 0 Å². The molecule has 0 atom stereocenters. The molecule has 0 aliphatic rings. The van der Waals surface area contributed by atoms with Crippen LogP contribution in [-0.4, -0.2) is 4.98 Å². The molecular weight excluding hydrogens is 392 g/mol. The summed E-state index contributed by atoms with van der Waals surface area (Å²) in [7, 11) is 1.68. The van der Waals surface area contributed by atoms with E-state index >= 15 is 0 Å². The molecule has 0 fully saturated rings. The topological polar surface area (TPSA) is 29.9 Å². The molecule has 0 N–H and O–H groups in total. The summed E-state index contributed by atoms with van der Waals surface area (Å²) in [6.45, 7) is -5.75. The zero-order valence-corrected chi connectivity index (χ0v) is 17.6. The van der Waals surface area contributed by atoms with Gasteiger partial charge in [0.1, 0.15) is 18.2 Å². The summed E-state index contributed by atoms with van der Waals surface area (Å²) >= 11 is 0. The summed E-state index contributed by atoms with van der Waals surface area (Å²) < 4.78 is 79.7. The van der Waals surface area contributed by atoms with Crippen LogP contribution in [-0.2, 0) is 7.05 Å². The second kappa shape index (κ2) is 6.64. The van der Waals surface area contributed by atoms with Gasteiger partial charge in [0.2, 0.25) is 5.69 Å². The van der Waals surface area contributed by atoms with Crippen molar-refractivity contribution in [3.63, 3.8) is 0 Å². The standard InChI is InChI=1S/C29H25N2O/c1-16-6-12-22-23-13-11-20-9-10-21-8-7-19(4)30-27(21)26(20)29(23)32-28(22)25(16)24-14-17(2)18(3)15-31(24)5/h6-15H,1-5H3/q+1/i2D3,3D3,4D3. The monoisotopic (exact) mass is 426 g/mol. The van der Waals surface area contributed by atoms with Crippen molar-refractivity contribution in [1.29, 1.82) is 0 Å². The largest absolute Gasteiger partial charge is 0.454 e. The highest BCUT2D eigenvalue weighted by Crippen LogP contribution is 2.41. The molecule has 0 radical (unpaired) electrons. The van der Waals surface area contributed by atoms with Crippen LogP contribution in [0.15, 0.2) is 65.2 Å². The molecule has 3 nitrogen and oxygen atoms in total. The van der Waals surface area contributed by atoms with Gasteiger partial charge in [-0.1, -0.05) is 36.4 Å². The van der Waals surface area contributed by atoms with Gasteiger partial charge in [0.25, 0.3) is 0 Å². The fourth-order valence-corrected chi connectivity index (χ4v) is 4.60. The first kappa shape index (κ1) is 11.8. The van der Waals surface area contributed by atoms with E-state index < -0.39 is 20.6 Å². The fourth-order valence-electron chi connectivity index (χ4n) is 4.60. The maximum atomic E-state index is 8.06. The van der Waals surface area contributed by atoms with Gasteiger partial charge in [-0.05, 0) is 56.1 Å². The Morgan fingerprint density at radius 1 is 0.812 bits per heavy atom. The lowest BCUT2D eigenvalue weighted by molar-refractivity contribution is -0.660. The first-order valence-electron chi connectivity index (χ1n) is 14.8. The number of nitrogens with zero attached hydrogens (tertiary/aromatic N) is 2. The van der Waals surface area contributed by atoms with Gasteiger partial charge >= 0.3 is 0 Å². The minimum atomic E-state index is -2.65. The molecular formula is C29H25N2O+. The molecule has 6 rings (SSSR count). The van der Waals surface area contributed by atoms with Gasteiger partial charge in [-0.15, -0.1) is 0 Å². The van der Waals surface area contributed by atoms with E-state index in [4.69, 9.17) is 16.8 Å². The minimum absolute atomic E-state index is 0.0132. The second-order valence-corrected chi connectivity index (χ2v) is 8.21. The predicted molar refractivity (Wildman–Crippen MR) is 132 cm³/mol. The van der Waals surface area contributed by atoms with Crippen molar-refractivity contribution in [2.24, 2.45) is 7.05 Å². The zero-order valence-electron chi connectivity index (χ0n) is 26.6. The number of aryl methyl sites for hydroxylation is 5. The number of pyridine rings is 2. The van der Waals surface area contributed by atoms with E-state index in [1.54, 1.807) is 17.7 Å². The molecule has 0 aliphatic carbocycles. The molecule has 32 heavy (non-hydrogen) atoms. The normalized spacial score (nSPS) is 17.2. The van der Waals surface area contributed by atoms with Crippen molar-refractivity contribution in [2.75, 3.05) is 0 Å². The molecule has 6 aromatic rings.